The molecule has 0 N–H and O–H groups in total. The molecule has 1 aromatic carbocycles. The van der Waals surface area contributed by atoms with Crippen molar-refractivity contribution in [2.24, 2.45) is 0 Å². The zero-order valence-electron chi connectivity index (χ0n) is 8.59. The smallest absolute Gasteiger partial charge is 0.321 e. The van der Waals surface area contributed by atoms with Gasteiger partial charge in [0.2, 0.25) is 0 Å². The molecule has 0 radical (unpaired) electrons. The van der Waals surface area contributed by atoms with Crippen LogP contribution in [-0.4, -0.2) is 9.39 Å². The summed E-state index contributed by atoms with van der Waals surface area (Å²) in [6.07, 6.45) is 0. The molecule has 0 aliphatic rings. The van der Waals surface area contributed by atoms with E-state index in [9.17, 15) is 4.79 Å². The third-order valence-electron chi connectivity index (χ3n) is 1.77. The topological polar surface area (TPSA) is 26.3 Å². The zero-order valence-corrected chi connectivity index (χ0v) is 12.9. The summed E-state index contributed by atoms with van der Waals surface area (Å²) in [5.74, 6) is -0.179. The highest BCUT2D eigenvalue weighted by Gasteiger charge is 2.25. The molecular formula is C11H12I2O2. The van der Waals surface area contributed by atoms with Crippen LogP contribution in [0.4, 0.5) is 0 Å². The Morgan fingerprint density at radius 3 is 2.33 bits per heavy atom. The monoisotopic (exact) mass is 430 g/mol. The molecule has 0 bridgehead atoms. The quantitative estimate of drug-likeness (QED) is 0.417. The standard InChI is InChI=1S/C11H12I2O2/c1-11(2,13)10(14)15-7-8-3-5-9(12)6-4-8/h3-6H,7H2,1-2H3. The Morgan fingerprint density at radius 1 is 1.33 bits per heavy atom. The summed E-state index contributed by atoms with van der Waals surface area (Å²) in [5.41, 5.74) is 1.02. The van der Waals surface area contributed by atoms with Gasteiger partial charge in [-0.3, -0.25) is 4.79 Å². The predicted octanol–water partition coefficient (Wildman–Crippen LogP) is 3.55. The van der Waals surface area contributed by atoms with Gasteiger partial charge in [0, 0.05) is 3.57 Å². The first-order chi connectivity index (χ1) is 6.89. The molecule has 15 heavy (non-hydrogen) atoms. The van der Waals surface area contributed by atoms with E-state index in [4.69, 9.17) is 4.74 Å². The van der Waals surface area contributed by atoms with Gasteiger partial charge in [-0.05, 0) is 54.1 Å². The molecule has 4 heteroatoms. The molecule has 1 aromatic rings. The molecule has 0 spiro atoms. The lowest BCUT2D eigenvalue weighted by molar-refractivity contribution is -0.146. The van der Waals surface area contributed by atoms with Crippen LogP contribution in [0.1, 0.15) is 19.4 Å². The number of halogens is 2. The van der Waals surface area contributed by atoms with Crippen LogP contribution >= 0.6 is 45.2 Å². The SMILES string of the molecule is CC(C)(I)C(=O)OCc1ccc(I)cc1. The molecule has 0 fully saturated rings. The number of ether oxygens (including phenoxy) is 1. The molecule has 0 unspecified atom stereocenters. The third-order valence-corrected chi connectivity index (χ3v) is 2.93. The maximum absolute atomic E-state index is 11.5. The fourth-order valence-electron chi connectivity index (χ4n) is 0.901. The van der Waals surface area contributed by atoms with Gasteiger partial charge in [-0.15, -0.1) is 0 Å². The Hall–Kier alpha value is 0.150. The van der Waals surface area contributed by atoms with Crippen LogP contribution < -0.4 is 0 Å². The van der Waals surface area contributed by atoms with Crippen molar-refractivity contribution in [1.29, 1.82) is 0 Å². The second-order valence-electron chi connectivity index (χ2n) is 3.68. The Morgan fingerprint density at radius 2 is 1.87 bits per heavy atom. The maximum Gasteiger partial charge on any atom is 0.321 e. The molecule has 0 amide bonds. The third kappa shape index (κ3) is 4.67. The summed E-state index contributed by atoms with van der Waals surface area (Å²) in [7, 11) is 0. The van der Waals surface area contributed by atoms with E-state index >= 15 is 0 Å². The van der Waals surface area contributed by atoms with Crippen LogP contribution in [-0.2, 0) is 16.1 Å². The number of benzene rings is 1. The van der Waals surface area contributed by atoms with Crippen molar-refractivity contribution in [2.45, 2.75) is 23.9 Å². The van der Waals surface area contributed by atoms with Gasteiger partial charge in [-0.2, -0.15) is 0 Å². The molecule has 1 rings (SSSR count). The second-order valence-corrected chi connectivity index (χ2v) is 7.62. The van der Waals surface area contributed by atoms with E-state index in [-0.39, 0.29) is 5.97 Å². The molecule has 0 aliphatic carbocycles. The zero-order chi connectivity index (χ0) is 11.5. The molecule has 0 saturated heterocycles. The highest BCUT2D eigenvalue weighted by atomic mass is 127. The number of carbonyl (C=O) groups is 1. The van der Waals surface area contributed by atoms with E-state index in [1.165, 1.54) is 3.57 Å². The minimum Gasteiger partial charge on any atom is -0.460 e. The van der Waals surface area contributed by atoms with Crippen LogP contribution in [0, 0.1) is 3.57 Å². The predicted molar refractivity (Wildman–Crippen MR) is 77.1 cm³/mol. The van der Waals surface area contributed by atoms with Crippen molar-refractivity contribution in [3.05, 3.63) is 33.4 Å². The Kier molecular flexibility index (Phi) is 4.82. The first kappa shape index (κ1) is 13.2. The lowest BCUT2D eigenvalue weighted by Gasteiger charge is -2.14. The van der Waals surface area contributed by atoms with E-state index in [2.05, 4.69) is 45.2 Å². The number of alkyl halides is 1. The first-order valence-corrected chi connectivity index (χ1v) is 6.66. The van der Waals surface area contributed by atoms with Gasteiger partial charge in [0.05, 0.1) is 0 Å². The average molecular weight is 430 g/mol. The molecular weight excluding hydrogens is 418 g/mol. The van der Waals surface area contributed by atoms with Crippen LogP contribution in [0.3, 0.4) is 0 Å². The molecule has 82 valence electrons. The van der Waals surface area contributed by atoms with E-state index < -0.39 is 3.42 Å². The maximum atomic E-state index is 11.5. The summed E-state index contributed by atoms with van der Waals surface area (Å²) >= 11 is 4.32. The van der Waals surface area contributed by atoms with Crippen molar-refractivity contribution in [2.75, 3.05) is 0 Å². The summed E-state index contributed by atoms with van der Waals surface area (Å²) in [6, 6.07) is 7.93. The summed E-state index contributed by atoms with van der Waals surface area (Å²) in [4.78, 5) is 11.5. The van der Waals surface area contributed by atoms with Crippen molar-refractivity contribution in [3.63, 3.8) is 0 Å². The highest BCUT2D eigenvalue weighted by Crippen LogP contribution is 2.19. The molecule has 0 atom stereocenters. The molecule has 0 aromatic heterocycles. The molecule has 0 aliphatic heterocycles. The van der Waals surface area contributed by atoms with Crippen molar-refractivity contribution < 1.29 is 9.53 Å². The lowest BCUT2D eigenvalue weighted by Crippen LogP contribution is -2.26. The van der Waals surface area contributed by atoms with Gasteiger partial charge in [-0.25, -0.2) is 0 Å². The van der Waals surface area contributed by atoms with Crippen molar-refractivity contribution in [3.8, 4) is 0 Å². The number of carbonyl (C=O) groups excluding carboxylic acids is 1. The highest BCUT2D eigenvalue weighted by molar-refractivity contribution is 14.1. The van der Waals surface area contributed by atoms with Crippen LogP contribution in [0.5, 0.6) is 0 Å². The number of rotatable bonds is 3. The Bertz CT molecular complexity index is 339. The molecule has 0 saturated carbocycles. The summed E-state index contributed by atoms with van der Waals surface area (Å²) in [5, 5.41) is 0. The van der Waals surface area contributed by atoms with Crippen LogP contribution in [0.15, 0.2) is 24.3 Å². The Labute approximate surface area is 117 Å². The Balaban J connectivity index is 2.51. The minimum absolute atomic E-state index is 0.179. The van der Waals surface area contributed by atoms with Gasteiger partial charge in [0.25, 0.3) is 0 Å². The lowest BCUT2D eigenvalue weighted by atomic mass is 10.2. The average Bonchev–Trinajstić information content (AvgIpc) is 2.15. The number of hydrogen-bond acceptors (Lipinski definition) is 2. The fourth-order valence-corrected chi connectivity index (χ4v) is 1.42. The summed E-state index contributed by atoms with van der Waals surface area (Å²) < 4.78 is 5.90. The van der Waals surface area contributed by atoms with Crippen LogP contribution in [0.2, 0.25) is 0 Å². The van der Waals surface area contributed by atoms with Gasteiger partial charge in [-0.1, -0.05) is 34.7 Å². The van der Waals surface area contributed by atoms with E-state index in [0.29, 0.717) is 6.61 Å². The van der Waals surface area contributed by atoms with Crippen molar-refractivity contribution in [1.82, 2.24) is 0 Å². The largest absolute Gasteiger partial charge is 0.460 e. The normalized spacial score (nSPS) is 11.2. The number of hydrogen-bond donors (Lipinski definition) is 0. The van der Waals surface area contributed by atoms with E-state index in [1.807, 2.05) is 38.1 Å². The van der Waals surface area contributed by atoms with Gasteiger partial charge >= 0.3 is 5.97 Å². The first-order valence-electron chi connectivity index (χ1n) is 4.50. The minimum atomic E-state index is -0.457. The van der Waals surface area contributed by atoms with Crippen molar-refractivity contribution >= 4 is 51.2 Å². The number of esters is 1. The summed E-state index contributed by atoms with van der Waals surface area (Å²) in [6.45, 7) is 4.02. The molecule has 0 heterocycles. The van der Waals surface area contributed by atoms with Gasteiger partial charge < -0.3 is 4.74 Å². The fraction of sp³-hybridized carbons (Fsp3) is 0.364. The van der Waals surface area contributed by atoms with E-state index in [1.54, 1.807) is 0 Å². The van der Waals surface area contributed by atoms with Crippen LogP contribution in [0.25, 0.3) is 0 Å². The van der Waals surface area contributed by atoms with Gasteiger partial charge in [0.1, 0.15) is 10.0 Å². The molecule has 2 nitrogen and oxygen atoms in total. The second kappa shape index (κ2) is 5.47. The van der Waals surface area contributed by atoms with E-state index in [0.717, 1.165) is 5.56 Å². The van der Waals surface area contributed by atoms with Gasteiger partial charge in [0.15, 0.2) is 0 Å².